The van der Waals surface area contributed by atoms with Crippen molar-refractivity contribution in [3.05, 3.63) is 92.8 Å². The van der Waals surface area contributed by atoms with Crippen molar-refractivity contribution in [1.82, 2.24) is 14.1 Å². The van der Waals surface area contributed by atoms with Crippen LogP contribution in [-0.4, -0.2) is 20.0 Å². The standard InChI is InChI=1S/C25H24N4O3/c1-4-17-15-26-23-21(24(31)29(3)25(32)28(23)2)22(17)27-20(30)14-16-10-12-19(13-11-16)18-8-6-5-7-9-18/h5-13,15H,4,14H2,1-3H3,(H,26,27,30). The third-order valence-corrected chi connectivity index (χ3v) is 5.62. The van der Waals surface area contributed by atoms with Crippen LogP contribution in [0.25, 0.3) is 22.2 Å². The molecule has 1 N–H and O–H groups in total. The number of rotatable bonds is 5. The van der Waals surface area contributed by atoms with E-state index in [1.165, 1.54) is 11.6 Å². The fraction of sp³-hybridized carbons (Fsp3) is 0.200. The zero-order chi connectivity index (χ0) is 22.8. The molecule has 4 rings (SSSR count). The highest BCUT2D eigenvalue weighted by molar-refractivity contribution is 6.01. The lowest BCUT2D eigenvalue weighted by Gasteiger charge is -2.15. The highest BCUT2D eigenvalue weighted by Crippen LogP contribution is 2.24. The van der Waals surface area contributed by atoms with E-state index >= 15 is 0 Å². The first-order valence-corrected chi connectivity index (χ1v) is 10.4. The van der Waals surface area contributed by atoms with Gasteiger partial charge in [-0.2, -0.15) is 0 Å². The van der Waals surface area contributed by atoms with Crippen molar-refractivity contribution < 1.29 is 4.79 Å². The molecular weight excluding hydrogens is 404 g/mol. The molecule has 0 spiro atoms. The molecule has 2 heterocycles. The van der Waals surface area contributed by atoms with Gasteiger partial charge in [0.15, 0.2) is 5.65 Å². The summed E-state index contributed by atoms with van der Waals surface area (Å²) in [6, 6.07) is 17.9. The lowest BCUT2D eigenvalue weighted by atomic mass is 10.0. The number of aryl methyl sites for hydroxylation is 2. The van der Waals surface area contributed by atoms with Crippen LogP contribution >= 0.6 is 0 Å². The van der Waals surface area contributed by atoms with Crippen molar-refractivity contribution in [2.45, 2.75) is 19.8 Å². The Kier molecular flexibility index (Phi) is 5.73. The van der Waals surface area contributed by atoms with Gasteiger partial charge < -0.3 is 5.32 Å². The number of carbonyl (C=O) groups excluding carboxylic acids is 1. The van der Waals surface area contributed by atoms with Crippen molar-refractivity contribution >= 4 is 22.6 Å². The van der Waals surface area contributed by atoms with E-state index in [2.05, 4.69) is 10.3 Å². The van der Waals surface area contributed by atoms with Gasteiger partial charge in [0.1, 0.15) is 5.39 Å². The number of amides is 1. The zero-order valence-electron chi connectivity index (χ0n) is 18.3. The average molecular weight is 428 g/mol. The molecule has 2 aromatic heterocycles. The molecule has 2 aromatic carbocycles. The number of hydrogen-bond donors (Lipinski definition) is 1. The zero-order valence-corrected chi connectivity index (χ0v) is 18.3. The van der Waals surface area contributed by atoms with Crippen LogP contribution in [0, 0.1) is 0 Å². The highest BCUT2D eigenvalue weighted by Gasteiger charge is 2.18. The smallest absolute Gasteiger partial charge is 0.325 e. The lowest BCUT2D eigenvalue weighted by Crippen LogP contribution is -2.38. The van der Waals surface area contributed by atoms with Gasteiger partial charge in [-0.1, -0.05) is 61.5 Å². The molecule has 0 fully saturated rings. The van der Waals surface area contributed by atoms with Gasteiger partial charge in [-0.05, 0) is 28.7 Å². The number of pyridine rings is 1. The minimum atomic E-state index is -0.478. The van der Waals surface area contributed by atoms with Gasteiger partial charge >= 0.3 is 5.69 Å². The number of benzene rings is 2. The SMILES string of the molecule is CCc1cnc2c(c1NC(=O)Cc1ccc(-c3ccccc3)cc1)c(=O)n(C)c(=O)n2C. The first-order chi connectivity index (χ1) is 15.4. The van der Waals surface area contributed by atoms with Gasteiger partial charge in [-0.15, -0.1) is 0 Å². The van der Waals surface area contributed by atoms with Crippen molar-refractivity contribution in [3.8, 4) is 11.1 Å². The monoisotopic (exact) mass is 428 g/mol. The average Bonchev–Trinajstić information content (AvgIpc) is 2.82. The lowest BCUT2D eigenvalue weighted by molar-refractivity contribution is -0.115. The van der Waals surface area contributed by atoms with Crippen LogP contribution in [0.2, 0.25) is 0 Å². The topological polar surface area (TPSA) is 86.0 Å². The summed E-state index contributed by atoms with van der Waals surface area (Å²) in [6.07, 6.45) is 2.34. The summed E-state index contributed by atoms with van der Waals surface area (Å²) in [6.45, 7) is 1.92. The molecule has 1 amide bonds. The van der Waals surface area contributed by atoms with Gasteiger partial charge in [0, 0.05) is 20.3 Å². The molecule has 0 unspecified atom stereocenters. The largest absolute Gasteiger partial charge is 0.332 e. The van der Waals surface area contributed by atoms with Crippen LogP contribution in [0.4, 0.5) is 5.69 Å². The van der Waals surface area contributed by atoms with Gasteiger partial charge in [-0.3, -0.25) is 18.7 Å². The fourth-order valence-electron chi connectivity index (χ4n) is 3.79. The molecule has 7 heteroatoms. The van der Waals surface area contributed by atoms with Crippen molar-refractivity contribution in [2.24, 2.45) is 14.1 Å². The third kappa shape index (κ3) is 3.85. The highest BCUT2D eigenvalue weighted by atomic mass is 16.2. The maximum absolute atomic E-state index is 12.9. The summed E-state index contributed by atoms with van der Waals surface area (Å²) in [4.78, 5) is 42.3. The van der Waals surface area contributed by atoms with E-state index in [9.17, 15) is 14.4 Å². The van der Waals surface area contributed by atoms with Crippen LogP contribution in [-0.2, 0) is 31.7 Å². The number of hydrogen-bond acceptors (Lipinski definition) is 4. The Balaban J connectivity index is 1.65. The second kappa shape index (κ2) is 8.63. The van der Waals surface area contributed by atoms with Gasteiger partial charge in [0.2, 0.25) is 5.91 Å². The summed E-state index contributed by atoms with van der Waals surface area (Å²) in [5, 5.41) is 3.14. The van der Waals surface area contributed by atoms with E-state index in [4.69, 9.17) is 0 Å². The van der Waals surface area contributed by atoms with Gasteiger partial charge in [0.05, 0.1) is 12.1 Å². The van der Waals surface area contributed by atoms with Gasteiger partial charge in [-0.25, -0.2) is 9.78 Å². The second-order valence-electron chi connectivity index (χ2n) is 7.70. The van der Waals surface area contributed by atoms with Crippen molar-refractivity contribution in [1.29, 1.82) is 0 Å². The van der Waals surface area contributed by atoms with E-state index in [1.54, 1.807) is 13.2 Å². The summed E-state index contributed by atoms with van der Waals surface area (Å²) in [5.41, 5.74) is 3.51. The molecular formula is C25H24N4O3. The fourth-order valence-corrected chi connectivity index (χ4v) is 3.79. The Morgan fingerprint density at radius 3 is 2.25 bits per heavy atom. The summed E-state index contributed by atoms with van der Waals surface area (Å²) < 4.78 is 2.34. The minimum Gasteiger partial charge on any atom is -0.325 e. The van der Waals surface area contributed by atoms with Crippen LogP contribution in [0.5, 0.6) is 0 Å². The third-order valence-electron chi connectivity index (χ3n) is 5.62. The molecule has 0 bridgehead atoms. The maximum Gasteiger partial charge on any atom is 0.332 e. The Morgan fingerprint density at radius 1 is 0.938 bits per heavy atom. The molecule has 0 aliphatic heterocycles. The maximum atomic E-state index is 12.9. The van der Waals surface area contributed by atoms with Crippen LogP contribution in [0.3, 0.4) is 0 Å². The van der Waals surface area contributed by atoms with E-state index in [0.29, 0.717) is 12.1 Å². The predicted octanol–water partition coefficient (Wildman–Crippen LogP) is 3.04. The number of nitrogens with zero attached hydrogens (tertiary/aromatic N) is 3. The number of nitrogens with one attached hydrogen (secondary N) is 1. The Labute approximate surface area is 185 Å². The molecule has 7 nitrogen and oxygen atoms in total. The van der Waals surface area contributed by atoms with Crippen LogP contribution < -0.4 is 16.6 Å². The van der Waals surface area contributed by atoms with E-state index < -0.39 is 11.2 Å². The number of aromatic nitrogens is 3. The number of anilines is 1. The molecule has 0 radical (unpaired) electrons. The summed E-state index contributed by atoms with van der Waals surface area (Å²) in [7, 11) is 2.98. The molecule has 0 aliphatic rings. The minimum absolute atomic E-state index is 0.161. The molecule has 0 aliphatic carbocycles. The van der Waals surface area contributed by atoms with Crippen LogP contribution in [0.1, 0.15) is 18.1 Å². The molecule has 0 saturated carbocycles. The second-order valence-corrected chi connectivity index (χ2v) is 7.70. The summed E-state index contributed by atoms with van der Waals surface area (Å²) >= 11 is 0. The van der Waals surface area contributed by atoms with E-state index in [1.807, 2.05) is 61.5 Å². The number of fused-ring (bicyclic) bond motifs is 1. The Bertz CT molecular complexity index is 1420. The number of carbonyl (C=O) groups is 1. The van der Waals surface area contributed by atoms with E-state index in [-0.39, 0.29) is 23.4 Å². The van der Waals surface area contributed by atoms with E-state index in [0.717, 1.165) is 26.8 Å². The van der Waals surface area contributed by atoms with Crippen molar-refractivity contribution in [3.63, 3.8) is 0 Å². The molecule has 0 atom stereocenters. The normalized spacial score (nSPS) is 11.0. The van der Waals surface area contributed by atoms with Crippen molar-refractivity contribution in [2.75, 3.05) is 5.32 Å². The molecule has 162 valence electrons. The first kappa shape index (κ1) is 21.2. The first-order valence-electron chi connectivity index (χ1n) is 10.4. The Hall–Kier alpha value is -4.00. The Morgan fingerprint density at radius 2 is 1.59 bits per heavy atom. The quantitative estimate of drug-likeness (QED) is 0.529. The molecule has 4 aromatic rings. The molecule has 0 saturated heterocycles. The van der Waals surface area contributed by atoms with Crippen LogP contribution in [0.15, 0.2) is 70.4 Å². The molecule has 32 heavy (non-hydrogen) atoms. The van der Waals surface area contributed by atoms with Gasteiger partial charge in [0.25, 0.3) is 5.56 Å². The summed E-state index contributed by atoms with van der Waals surface area (Å²) in [5.74, 6) is -0.240. The predicted molar refractivity (Wildman–Crippen MR) is 126 cm³/mol.